The molecule has 3 N–H and O–H groups in total. The molecule has 2 heterocycles. The molecular weight excluding hydrogens is 266 g/mol. The highest BCUT2D eigenvalue weighted by Crippen LogP contribution is 2.30. The van der Waals surface area contributed by atoms with Crippen molar-refractivity contribution in [3.8, 4) is 0 Å². The van der Waals surface area contributed by atoms with Gasteiger partial charge in [0.25, 0.3) is 0 Å². The van der Waals surface area contributed by atoms with Crippen LogP contribution in [-0.2, 0) is 13.0 Å². The average molecular weight is 285 g/mol. The second-order valence-corrected chi connectivity index (χ2v) is 5.56. The van der Waals surface area contributed by atoms with E-state index in [1.807, 2.05) is 6.07 Å². The molecule has 1 aliphatic heterocycles. The molecule has 1 amide bonds. The van der Waals surface area contributed by atoms with Crippen molar-refractivity contribution in [3.63, 3.8) is 0 Å². The quantitative estimate of drug-likeness (QED) is 0.514. The van der Waals surface area contributed by atoms with Crippen LogP contribution in [0.3, 0.4) is 0 Å². The lowest BCUT2D eigenvalue weighted by Gasteiger charge is -2.34. The molecule has 5 heteroatoms. The molecule has 21 heavy (non-hydrogen) atoms. The van der Waals surface area contributed by atoms with Crippen molar-refractivity contribution in [1.82, 2.24) is 5.43 Å². The van der Waals surface area contributed by atoms with Crippen molar-refractivity contribution in [1.29, 1.82) is 0 Å². The Hall–Kier alpha value is -2.27. The Bertz CT molecular complexity index is 650. The summed E-state index contributed by atoms with van der Waals surface area (Å²) in [5.41, 5.74) is 4.69. The molecule has 0 saturated carbocycles. The van der Waals surface area contributed by atoms with Crippen LogP contribution >= 0.6 is 0 Å². The zero-order chi connectivity index (χ0) is 14.8. The molecule has 0 fully saturated rings. The summed E-state index contributed by atoms with van der Waals surface area (Å²) in [5.74, 6) is 6.30. The smallest absolute Gasteiger partial charge is 0.300 e. The highest BCUT2D eigenvalue weighted by molar-refractivity contribution is 5.90. The highest BCUT2D eigenvalue weighted by Gasteiger charge is 2.22. The number of nitrogen functional groups attached to an aromatic ring is 1. The van der Waals surface area contributed by atoms with Crippen LogP contribution in [0, 0.1) is 5.92 Å². The first kappa shape index (κ1) is 13.7. The zero-order valence-electron chi connectivity index (χ0n) is 12.0. The molecule has 1 unspecified atom stereocenters. The van der Waals surface area contributed by atoms with Crippen LogP contribution in [-0.4, -0.2) is 12.5 Å². The second kappa shape index (κ2) is 5.61. The van der Waals surface area contributed by atoms with E-state index in [4.69, 9.17) is 10.3 Å². The highest BCUT2D eigenvalue weighted by atomic mass is 16.4. The van der Waals surface area contributed by atoms with E-state index in [1.54, 1.807) is 6.07 Å². The molecule has 110 valence electrons. The first-order chi connectivity index (χ1) is 10.2. The van der Waals surface area contributed by atoms with Crippen LogP contribution in [0.15, 0.2) is 40.8 Å². The maximum Gasteiger partial charge on any atom is 0.300 e. The van der Waals surface area contributed by atoms with E-state index in [9.17, 15) is 4.79 Å². The fourth-order valence-corrected chi connectivity index (χ4v) is 2.90. The molecule has 3 rings (SSSR count). The van der Waals surface area contributed by atoms with Crippen LogP contribution in [0.2, 0.25) is 0 Å². The molecule has 0 bridgehead atoms. The maximum atomic E-state index is 11.4. The number of amides is 1. The summed E-state index contributed by atoms with van der Waals surface area (Å²) in [7, 11) is 0. The molecule has 0 aliphatic carbocycles. The third kappa shape index (κ3) is 2.78. The number of nitrogens with one attached hydrogen (secondary N) is 1. The first-order valence-corrected chi connectivity index (χ1v) is 7.10. The van der Waals surface area contributed by atoms with Gasteiger partial charge in [0.15, 0.2) is 5.76 Å². The topological polar surface area (TPSA) is 71.5 Å². The van der Waals surface area contributed by atoms with Gasteiger partial charge in [-0.2, -0.15) is 0 Å². The summed E-state index contributed by atoms with van der Waals surface area (Å²) in [5, 5.41) is 0. The zero-order valence-corrected chi connectivity index (χ0v) is 12.0. The van der Waals surface area contributed by atoms with Crippen molar-refractivity contribution in [2.45, 2.75) is 19.9 Å². The Labute approximate surface area is 123 Å². The van der Waals surface area contributed by atoms with E-state index in [-0.39, 0.29) is 5.76 Å². The molecule has 2 aromatic rings. The van der Waals surface area contributed by atoms with Gasteiger partial charge in [-0.25, -0.2) is 5.84 Å². The van der Waals surface area contributed by atoms with Gasteiger partial charge >= 0.3 is 5.91 Å². The molecule has 1 aromatic carbocycles. The molecular formula is C16H19N3O2. The first-order valence-electron chi connectivity index (χ1n) is 7.10. The summed E-state index contributed by atoms with van der Waals surface area (Å²) in [6.07, 6.45) is 1.10. The van der Waals surface area contributed by atoms with Gasteiger partial charge in [-0.1, -0.05) is 25.1 Å². The van der Waals surface area contributed by atoms with Gasteiger partial charge in [0.1, 0.15) is 5.76 Å². The molecule has 0 saturated heterocycles. The molecule has 1 aliphatic rings. The Morgan fingerprint density at radius 3 is 3.00 bits per heavy atom. The SMILES string of the molecule is CC1Cc2ccccc2N(Cc2ccc(C(=O)NN)o2)C1. The molecule has 5 nitrogen and oxygen atoms in total. The second-order valence-electron chi connectivity index (χ2n) is 5.56. The van der Waals surface area contributed by atoms with Crippen molar-refractivity contribution in [3.05, 3.63) is 53.5 Å². The number of carbonyl (C=O) groups excluding carboxylic acids is 1. The fraction of sp³-hybridized carbons (Fsp3) is 0.312. The summed E-state index contributed by atoms with van der Waals surface area (Å²) >= 11 is 0. The lowest BCUT2D eigenvalue weighted by molar-refractivity contribution is 0.0924. The largest absolute Gasteiger partial charge is 0.454 e. The number of carbonyl (C=O) groups is 1. The standard InChI is InChI=1S/C16H19N3O2/c1-11-8-12-4-2-3-5-14(12)19(9-11)10-13-6-7-15(21-13)16(20)18-17/h2-7,11H,8-10,17H2,1H3,(H,18,20). The number of anilines is 1. The Morgan fingerprint density at radius 1 is 1.38 bits per heavy atom. The summed E-state index contributed by atoms with van der Waals surface area (Å²) in [6.45, 7) is 3.88. The predicted octanol–water partition coefficient (Wildman–Crippen LogP) is 2.08. The van der Waals surface area contributed by atoms with E-state index in [0.717, 1.165) is 18.7 Å². The van der Waals surface area contributed by atoms with Crippen LogP contribution in [0.25, 0.3) is 0 Å². The van der Waals surface area contributed by atoms with Crippen LogP contribution in [0.5, 0.6) is 0 Å². The summed E-state index contributed by atoms with van der Waals surface area (Å²) in [6, 6.07) is 11.9. The molecule has 1 atom stereocenters. The van der Waals surface area contributed by atoms with Crippen molar-refractivity contribution < 1.29 is 9.21 Å². The monoisotopic (exact) mass is 285 g/mol. The maximum absolute atomic E-state index is 11.4. The molecule has 1 aromatic heterocycles. The van der Waals surface area contributed by atoms with E-state index in [0.29, 0.717) is 12.5 Å². The number of rotatable bonds is 3. The van der Waals surface area contributed by atoms with Gasteiger partial charge in [0, 0.05) is 12.2 Å². The van der Waals surface area contributed by atoms with E-state index in [2.05, 4.69) is 41.5 Å². The van der Waals surface area contributed by atoms with Crippen LogP contribution in [0.4, 0.5) is 5.69 Å². The summed E-state index contributed by atoms with van der Waals surface area (Å²) < 4.78 is 5.56. The number of nitrogens with zero attached hydrogens (tertiary/aromatic N) is 1. The number of nitrogens with two attached hydrogens (primary N) is 1. The number of benzene rings is 1. The molecule has 0 spiro atoms. The lowest BCUT2D eigenvalue weighted by Crippen LogP contribution is -2.33. The summed E-state index contributed by atoms with van der Waals surface area (Å²) in [4.78, 5) is 13.7. The Balaban J connectivity index is 1.82. The minimum atomic E-state index is -0.409. The third-order valence-corrected chi connectivity index (χ3v) is 3.80. The number of fused-ring (bicyclic) bond motifs is 1. The number of hydrogen-bond acceptors (Lipinski definition) is 4. The predicted molar refractivity (Wildman–Crippen MR) is 80.7 cm³/mol. The number of furan rings is 1. The minimum Gasteiger partial charge on any atom is -0.454 e. The van der Waals surface area contributed by atoms with Crippen LogP contribution in [0.1, 0.15) is 28.8 Å². The minimum absolute atomic E-state index is 0.242. The van der Waals surface area contributed by atoms with Crippen LogP contribution < -0.4 is 16.2 Å². The van der Waals surface area contributed by atoms with Gasteiger partial charge < -0.3 is 9.32 Å². The van der Waals surface area contributed by atoms with Gasteiger partial charge in [-0.15, -0.1) is 0 Å². The van der Waals surface area contributed by atoms with Gasteiger partial charge in [-0.3, -0.25) is 10.2 Å². The van der Waals surface area contributed by atoms with Gasteiger partial charge in [0.2, 0.25) is 0 Å². The fourth-order valence-electron chi connectivity index (χ4n) is 2.90. The van der Waals surface area contributed by atoms with E-state index >= 15 is 0 Å². The third-order valence-electron chi connectivity index (χ3n) is 3.80. The lowest BCUT2D eigenvalue weighted by atomic mass is 9.94. The van der Waals surface area contributed by atoms with E-state index in [1.165, 1.54) is 11.3 Å². The van der Waals surface area contributed by atoms with E-state index < -0.39 is 5.91 Å². The number of para-hydroxylation sites is 1. The average Bonchev–Trinajstić information content (AvgIpc) is 2.95. The number of hydrogen-bond donors (Lipinski definition) is 2. The van der Waals surface area contributed by atoms with Crippen molar-refractivity contribution >= 4 is 11.6 Å². The Kier molecular flexibility index (Phi) is 3.66. The van der Waals surface area contributed by atoms with Gasteiger partial charge in [-0.05, 0) is 36.1 Å². The Morgan fingerprint density at radius 2 is 2.19 bits per heavy atom. The molecule has 0 radical (unpaired) electrons. The number of hydrazine groups is 1. The normalized spacial score (nSPS) is 17.4. The van der Waals surface area contributed by atoms with Gasteiger partial charge in [0.05, 0.1) is 6.54 Å². The van der Waals surface area contributed by atoms with Crippen molar-refractivity contribution in [2.75, 3.05) is 11.4 Å². The van der Waals surface area contributed by atoms with Crippen molar-refractivity contribution in [2.24, 2.45) is 11.8 Å².